The van der Waals surface area contributed by atoms with Gasteiger partial charge in [-0.15, -0.1) is 0 Å². The fraction of sp³-hybridized carbons (Fsp3) is 0.378. The summed E-state index contributed by atoms with van der Waals surface area (Å²) >= 11 is 0. The number of phenols is 1. The molecule has 8 aromatic rings. The smallest absolute Gasteiger partial charge is 0.243 e. The number of aromatic nitrogens is 5. The average Bonchev–Trinajstić information content (AvgIpc) is 1.56. The Labute approximate surface area is 670 Å². The lowest BCUT2D eigenvalue weighted by Gasteiger charge is -2.29. The lowest BCUT2D eigenvalue weighted by molar-refractivity contribution is -0.136. The molecule has 0 fully saturated rings. The minimum absolute atomic E-state index is 0.00443. The molecule has 116 heavy (non-hydrogen) atoms. The summed E-state index contributed by atoms with van der Waals surface area (Å²) in [6, 6.07) is 23.5. The predicted molar refractivity (Wildman–Crippen MR) is 432 cm³/mol. The molecule has 11 atom stereocenters. The van der Waals surface area contributed by atoms with E-state index in [1.807, 2.05) is 13.8 Å². The van der Waals surface area contributed by atoms with Crippen molar-refractivity contribution in [2.75, 3.05) is 6.54 Å². The summed E-state index contributed by atoms with van der Waals surface area (Å²) in [5, 5.41) is 48.6. The molecule has 3 aromatic heterocycles. The fourth-order valence-corrected chi connectivity index (χ4v) is 13.0. The number of carbonyl (C=O) groups excluding carboxylic acids is 12. The average molecular weight is 1590 g/mol. The maximum absolute atomic E-state index is 15.5. The first-order valence-electron chi connectivity index (χ1n) is 38.4. The zero-order chi connectivity index (χ0) is 83.8. The number of aromatic amines is 3. The van der Waals surface area contributed by atoms with E-state index in [0.29, 0.717) is 56.5 Å². The second-order valence-electron chi connectivity index (χ2n) is 29.4. The molecule has 0 aliphatic heterocycles. The van der Waals surface area contributed by atoms with Crippen LogP contribution in [0.5, 0.6) is 5.75 Å². The van der Waals surface area contributed by atoms with E-state index < -0.39 is 150 Å². The molecule has 24 N–H and O–H groups in total. The number of H-pyrrole nitrogens is 3. The van der Waals surface area contributed by atoms with Crippen LogP contribution in [0, 0.1) is 17.2 Å². The standard InChI is InChI=1S/C82H105N21O13/c1-47(2)33-58(83)72(107)97-64(38-52-26-28-56(104)29-27-52)77(112)103-68(40-54-43-88-45-92-54)80(115)100-66(37-51-21-12-7-13-22-51)78(113)98-63(34-48(3)4)75(110)102-69(41-55-44-89-46-93-55)81(116)101-67(39-53-42-91-59-24-15-14-23-57(53)59)79(114)99-65(36-50-19-10-6-11-20-50)76(111)95-61(30-31-70(84)105)74(109)94-60(25-16-32-90-82(86)87)73(108)96-62(71(85)106)35-49-17-8-5-9-18-49/h5-15,17-24,26-29,42-48,58,60-69,91,104H,16,25,30-41,83H2,1-4H3,(H2,84,105)(H2,85,106)(H,88,92)(H,89,93)(H,94,109)(H,95,111)(H,96,108)(H,97,107)(H,98,113)(H,99,114)(H,100,115)(H,101,116)(H,102,110)(H,103,112)(H4,86,87,90)/t58-,60-,61-,62-,63-,64-,65-,66-,67-,68-,69-/m0/s1. The third-order valence-corrected chi connectivity index (χ3v) is 19.1. The molecule has 0 unspecified atom stereocenters. The van der Waals surface area contributed by atoms with Gasteiger partial charge in [-0.2, -0.15) is 0 Å². The van der Waals surface area contributed by atoms with Gasteiger partial charge in [-0.3, -0.25) is 62.9 Å². The minimum atomic E-state index is -1.62. The number of fused-ring (bicyclic) bond motifs is 1. The summed E-state index contributed by atoms with van der Waals surface area (Å²) in [6.45, 7) is 7.46. The molecular formula is C82H105N21O13. The number of nitrogens with one attached hydrogen (secondary N) is 15. The van der Waals surface area contributed by atoms with Crippen LogP contribution in [0.3, 0.4) is 0 Å². The largest absolute Gasteiger partial charge is 0.508 e. The molecule has 616 valence electrons. The summed E-state index contributed by atoms with van der Waals surface area (Å²) < 4.78 is 0. The monoisotopic (exact) mass is 1590 g/mol. The number of hydrogen-bond donors (Lipinski definition) is 20. The topological polar surface area (TPSA) is 558 Å². The van der Waals surface area contributed by atoms with Gasteiger partial charge in [0.2, 0.25) is 70.9 Å². The lowest BCUT2D eigenvalue weighted by atomic mass is 9.99. The molecule has 12 amide bonds. The molecular weight excluding hydrogens is 1490 g/mol. The molecule has 5 aromatic carbocycles. The van der Waals surface area contributed by atoms with Gasteiger partial charge >= 0.3 is 0 Å². The first kappa shape index (κ1) is 88.3. The van der Waals surface area contributed by atoms with Gasteiger partial charge in [-0.25, -0.2) is 9.97 Å². The van der Waals surface area contributed by atoms with Crippen molar-refractivity contribution < 1.29 is 62.6 Å². The van der Waals surface area contributed by atoms with Crippen molar-refractivity contribution in [2.24, 2.45) is 34.8 Å². The highest BCUT2D eigenvalue weighted by atomic mass is 16.3. The van der Waals surface area contributed by atoms with Gasteiger partial charge in [0.05, 0.1) is 18.7 Å². The summed E-state index contributed by atoms with van der Waals surface area (Å²) in [5.41, 5.74) is 27.5. The molecule has 0 aliphatic rings. The lowest BCUT2D eigenvalue weighted by Crippen LogP contribution is -2.61. The highest BCUT2D eigenvalue weighted by Crippen LogP contribution is 2.21. The Morgan fingerprint density at radius 2 is 0.767 bits per heavy atom. The molecule has 0 saturated carbocycles. The summed E-state index contributed by atoms with van der Waals surface area (Å²) in [6.07, 6.45) is 5.53. The number of para-hydroxylation sites is 1. The Kier molecular flexibility index (Phi) is 33.7. The van der Waals surface area contributed by atoms with Gasteiger partial charge in [0.15, 0.2) is 5.96 Å². The number of phenolic OH excluding ortho intramolecular Hbond substituents is 1. The molecule has 3 heterocycles. The van der Waals surface area contributed by atoms with E-state index in [9.17, 15) is 38.7 Å². The SMILES string of the molecule is CC(C)C[C@H](NC(=O)[C@H](Cc1ccccc1)NC(=O)[C@H](Cc1cnc[nH]1)NC(=O)[C@H](Cc1ccc(O)cc1)NC(=O)[C@@H](N)CC(C)C)C(=O)N[C@@H](Cc1cnc[nH]1)C(=O)N[C@@H](Cc1c[nH]c2ccccc12)C(=O)N[C@@H](Cc1ccccc1)C(=O)N[C@@H](CCC(N)=O)C(=O)N[C@@H](CCCNC(=N)N)C(=O)N[C@@H](Cc1ccccc1)C(N)=O. The van der Waals surface area contributed by atoms with Gasteiger partial charge in [0.25, 0.3) is 0 Å². The van der Waals surface area contributed by atoms with E-state index in [4.69, 9.17) is 28.3 Å². The molecule has 0 radical (unpaired) electrons. The normalized spacial score (nSPS) is 14.1. The molecule has 0 bridgehead atoms. The number of imidazole rings is 2. The maximum atomic E-state index is 15.5. The first-order valence-corrected chi connectivity index (χ1v) is 38.4. The fourth-order valence-electron chi connectivity index (χ4n) is 13.0. The Hall–Kier alpha value is -13.3. The number of hydrogen-bond acceptors (Lipinski definition) is 17. The molecule has 34 heteroatoms. The zero-order valence-electron chi connectivity index (χ0n) is 65.1. The van der Waals surface area contributed by atoms with Crippen molar-refractivity contribution in [3.8, 4) is 5.75 Å². The Bertz CT molecular complexity index is 4590. The Morgan fingerprint density at radius 1 is 0.405 bits per heavy atom. The van der Waals surface area contributed by atoms with E-state index in [1.54, 1.807) is 147 Å². The molecule has 0 aliphatic carbocycles. The van der Waals surface area contributed by atoms with Crippen LogP contribution in [0.15, 0.2) is 171 Å². The number of rotatable bonds is 46. The van der Waals surface area contributed by atoms with Crippen molar-refractivity contribution >= 4 is 87.7 Å². The molecule has 34 nitrogen and oxygen atoms in total. The maximum Gasteiger partial charge on any atom is 0.243 e. The number of aromatic hydroxyl groups is 1. The highest BCUT2D eigenvalue weighted by molar-refractivity contribution is 6.00. The number of carbonyl (C=O) groups is 12. The van der Waals surface area contributed by atoms with Crippen LogP contribution < -0.4 is 81.4 Å². The summed E-state index contributed by atoms with van der Waals surface area (Å²) in [7, 11) is 0. The second-order valence-corrected chi connectivity index (χ2v) is 29.4. The second kappa shape index (κ2) is 44.3. The molecule has 8 rings (SSSR count). The number of nitrogens with two attached hydrogens (primary N) is 4. The summed E-state index contributed by atoms with van der Waals surface area (Å²) in [5.74, 6) is -11.0. The van der Waals surface area contributed by atoms with Crippen molar-refractivity contribution in [3.05, 3.63) is 210 Å². The number of amides is 12. The van der Waals surface area contributed by atoms with Crippen molar-refractivity contribution in [3.63, 3.8) is 0 Å². The number of guanidine groups is 1. The van der Waals surface area contributed by atoms with Crippen LogP contribution >= 0.6 is 0 Å². The molecule has 0 saturated heterocycles. The van der Waals surface area contributed by atoms with Gasteiger partial charge in [-0.1, -0.05) is 149 Å². The van der Waals surface area contributed by atoms with E-state index in [-0.39, 0.29) is 94.3 Å². The zero-order valence-corrected chi connectivity index (χ0v) is 65.1. The third-order valence-electron chi connectivity index (χ3n) is 19.1. The minimum Gasteiger partial charge on any atom is -0.508 e. The van der Waals surface area contributed by atoms with Crippen molar-refractivity contribution in [1.29, 1.82) is 5.41 Å². The van der Waals surface area contributed by atoms with Crippen molar-refractivity contribution in [1.82, 2.24) is 83.4 Å². The summed E-state index contributed by atoms with van der Waals surface area (Å²) in [4.78, 5) is 191. The third kappa shape index (κ3) is 28.7. The van der Waals surface area contributed by atoms with Crippen LogP contribution in [0.4, 0.5) is 0 Å². The van der Waals surface area contributed by atoms with Crippen LogP contribution in [-0.2, 0) is 102 Å². The van der Waals surface area contributed by atoms with Crippen LogP contribution in [0.1, 0.15) is 105 Å². The van der Waals surface area contributed by atoms with Gasteiger partial charge in [-0.05, 0) is 90.0 Å². The highest BCUT2D eigenvalue weighted by Gasteiger charge is 2.38. The van der Waals surface area contributed by atoms with Crippen LogP contribution in [0.25, 0.3) is 10.9 Å². The van der Waals surface area contributed by atoms with Gasteiger partial charge in [0, 0.05) is 98.8 Å². The van der Waals surface area contributed by atoms with E-state index in [0.717, 1.165) is 0 Å². The Morgan fingerprint density at radius 3 is 1.19 bits per heavy atom. The predicted octanol–water partition coefficient (Wildman–Crippen LogP) is 0.600. The number of nitrogens with zero attached hydrogens (tertiary/aromatic N) is 2. The number of benzene rings is 5. The van der Waals surface area contributed by atoms with Crippen LogP contribution in [0.2, 0.25) is 0 Å². The van der Waals surface area contributed by atoms with Gasteiger partial charge < -0.3 is 101 Å². The van der Waals surface area contributed by atoms with Crippen LogP contribution in [-0.4, -0.2) is 180 Å². The Balaban J connectivity index is 1.07. The van der Waals surface area contributed by atoms with E-state index >= 15 is 24.0 Å². The molecule has 0 spiro atoms. The van der Waals surface area contributed by atoms with E-state index in [1.165, 1.54) is 37.2 Å². The van der Waals surface area contributed by atoms with Crippen molar-refractivity contribution in [2.45, 2.75) is 178 Å². The first-order chi connectivity index (χ1) is 55.5. The quantitative estimate of drug-likeness (QED) is 0.0141. The van der Waals surface area contributed by atoms with Gasteiger partial charge in [0.1, 0.15) is 66.2 Å². The number of primary amides is 2. The van der Waals surface area contributed by atoms with E-state index in [2.05, 4.69) is 83.4 Å².